The molecule has 5 heteroatoms. The van der Waals surface area contributed by atoms with Crippen molar-refractivity contribution in [3.05, 3.63) is 35.6 Å². The third kappa shape index (κ3) is 3.72. The van der Waals surface area contributed by atoms with Crippen LogP contribution in [0.2, 0.25) is 0 Å². The van der Waals surface area contributed by atoms with E-state index in [2.05, 4.69) is 18.7 Å². The molecule has 0 aliphatic carbocycles. The summed E-state index contributed by atoms with van der Waals surface area (Å²) >= 11 is 0. The zero-order chi connectivity index (χ0) is 16.4. The molecule has 1 aromatic carbocycles. The lowest BCUT2D eigenvalue weighted by Crippen LogP contribution is -2.49. The van der Waals surface area contributed by atoms with Crippen molar-refractivity contribution < 1.29 is 13.9 Å². The van der Waals surface area contributed by atoms with Crippen molar-refractivity contribution in [3.63, 3.8) is 0 Å². The van der Waals surface area contributed by atoms with Crippen LogP contribution >= 0.6 is 0 Å². The predicted octanol–water partition coefficient (Wildman–Crippen LogP) is 2.60. The molecule has 2 saturated heterocycles. The topological polar surface area (TPSA) is 32.8 Å². The van der Waals surface area contributed by atoms with E-state index < -0.39 is 0 Å². The van der Waals surface area contributed by atoms with Crippen LogP contribution in [0.4, 0.5) is 4.39 Å². The van der Waals surface area contributed by atoms with Crippen molar-refractivity contribution in [2.24, 2.45) is 0 Å². The van der Waals surface area contributed by atoms with Gasteiger partial charge in [-0.2, -0.15) is 0 Å². The highest BCUT2D eigenvalue weighted by Crippen LogP contribution is 2.28. The number of halogens is 1. The van der Waals surface area contributed by atoms with Crippen molar-refractivity contribution in [1.82, 2.24) is 9.80 Å². The minimum absolute atomic E-state index is 0.109. The van der Waals surface area contributed by atoms with E-state index in [4.69, 9.17) is 4.74 Å². The number of ether oxygens (including phenoxy) is 1. The first-order valence-electron chi connectivity index (χ1n) is 8.36. The molecule has 0 saturated carbocycles. The van der Waals surface area contributed by atoms with Crippen LogP contribution in [0.25, 0.3) is 0 Å². The van der Waals surface area contributed by atoms with Gasteiger partial charge in [-0.05, 0) is 50.9 Å². The van der Waals surface area contributed by atoms with Crippen molar-refractivity contribution in [2.45, 2.75) is 38.3 Å². The quantitative estimate of drug-likeness (QED) is 0.858. The lowest BCUT2D eigenvalue weighted by molar-refractivity contribution is -0.141. The highest BCUT2D eigenvalue weighted by atomic mass is 19.1. The van der Waals surface area contributed by atoms with Gasteiger partial charge in [0, 0.05) is 12.1 Å². The number of amides is 1. The van der Waals surface area contributed by atoms with Gasteiger partial charge in [-0.1, -0.05) is 12.1 Å². The minimum atomic E-state index is -0.256. The van der Waals surface area contributed by atoms with Gasteiger partial charge in [0.2, 0.25) is 5.91 Å². The van der Waals surface area contributed by atoms with Crippen molar-refractivity contribution in [2.75, 3.05) is 32.8 Å². The normalized spacial score (nSPS) is 24.8. The van der Waals surface area contributed by atoms with Crippen LogP contribution in [0.1, 0.15) is 38.4 Å². The molecule has 2 aliphatic rings. The molecule has 1 amide bonds. The van der Waals surface area contributed by atoms with Gasteiger partial charge in [-0.3, -0.25) is 9.69 Å². The Bertz CT molecular complexity index is 559. The highest BCUT2D eigenvalue weighted by Gasteiger charge is 2.35. The molecular formula is C18H25FN2O2. The fraction of sp³-hybridized carbons (Fsp3) is 0.611. The van der Waals surface area contributed by atoms with E-state index in [9.17, 15) is 9.18 Å². The van der Waals surface area contributed by atoms with Gasteiger partial charge in [0.05, 0.1) is 19.7 Å². The first-order chi connectivity index (χ1) is 11.0. The Morgan fingerprint density at radius 1 is 1.30 bits per heavy atom. The monoisotopic (exact) mass is 320 g/mol. The molecule has 2 aliphatic heterocycles. The second kappa shape index (κ2) is 6.57. The lowest BCUT2D eigenvalue weighted by Gasteiger charge is -2.36. The van der Waals surface area contributed by atoms with Crippen LogP contribution < -0.4 is 0 Å². The fourth-order valence-electron chi connectivity index (χ4n) is 3.47. The Labute approximate surface area is 137 Å². The largest absolute Gasteiger partial charge is 0.370 e. The summed E-state index contributed by atoms with van der Waals surface area (Å²) in [5, 5.41) is 0. The number of nitrogens with zero attached hydrogens (tertiary/aromatic N) is 2. The Balaban J connectivity index is 1.61. The lowest BCUT2D eigenvalue weighted by atomic mass is 10.0. The molecule has 0 spiro atoms. The average Bonchev–Trinajstić information content (AvgIpc) is 2.87. The molecule has 1 atom stereocenters. The third-order valence-corrected chi connectivity index (χ3v) is 5.06. The van der Waals surface area contributed by atoms with E-state index in [-0.39, 0.29) is 23.4 Å². The minimum Gasteiger partial charge on any atom is -0.370 e. The van der Waals surface area contributed by atoms with E-state index in [1.165, 1.54) is 12.1 Å². The number of carbonyl (C=O) groups excluding carboxylic acids is 1. The Kier molecular flexibility index (Phi) is 4.69. The van der Waals surface area contributed by atoms with Gasteiger partial charge < -0.3 is 9.64 Å². The summed E-state index contributed by atoms with van der Waals surface area (Å²) in [6, 6.07) is 6.34. The number of hydrogen-bond donors (Lipinski definition) is 0. The summed E-state index contributed by atoms with van der Waals surface area (Å²) in [5.74, 6) is -0.0934. The van der Waals surface area contributed by atoms with E-state index in [0.29, 0.717) is 26.2 Å². The van der Waals surface area contributed by atoms with E-state index in [1.807, 2.05) is 4.90 Å². The molecule has 0 aromatic heterocycles. The molecule has 2 heterocycles. The third-order valence-electron chi connectivity index (χ3n) is 5.06. The maximum atomic E-state index is 13.0. The zero-order valence-electron chi connectivity index (χ0n) is 13.9. The second-order valence-corrected chi connectivity index (χ2v) is 7.09. The van der Waals surface area contributed by atoms with Crippen LogP contribution in [0, 0.1) is 5.82 Å². The Hall–Kier alpha value is -1.46. The molecule has 3 rings (SSSR count). The predicted molar refractivity (Wildman–Crippen MR) is 86.6 cm³/mol. The van der Waals surface area contributed by atoms with Gasteiger partial charge >= 0.3 is 0 Å². The number of carbonyl (C=O) groups is 1. The molecule has 0 bridgehead atoms. The van der Waals surface area contributed by atoms with E-state index in [1.54, 1.807) is 12.1 Å². The SMILES string of the molecule is CC1(C)CCCN1CC(=O)N1CCOC(c2ccc(F)cc2)C1. The standard InChI is InChI=1S/C18H25FN2O2/c1-18(2)8-3-9-21(18)13-17(22)20-10-11-23-16(12-20)14-4-6-15(19)7-5-14/h4-7,16H,3,8-13H2,1-2H3. The highest BCUT2D eigenvalue weighted by molar-refractivity contribution is 5.78. The average molecular weight is 320 g/mol. The maximum Gasteiger partial charge on any atom is 0.236 e. The Morgan fingerprint density at radius 2 is 2.04 bits per heavy atom. The number of likely N-dealkylation sites (tertiary alicyclic amines) is 1. The maximum absolute atomic E-state index is 13.0. The van der Waals surface area contributed by atoms with Gasteiger partial charge in [0.25, 0.3) is 0 Å². The van der Waals surface area contributed by atoms with Crippen molar-refractivity contribution in [3.8, 4) is 0 Å². The molecule has 0 radical (unpaired) electrons. The molecule has 1 unspecified atom stereocenters. The van der Waals surface area contributed by atoms with Crippen LogP contribution in [0.3, 0.4) is 0 Å². The molecule has 23 heavy (non-hydrogen) atoms. The van der Waals surface area contributed by atoms with Crippen molar-refractivity contribution in [1.29, 1.82) is 0 Å². The molecule has 4 nitrogen and oxygen atoms in total. The molecule has 1 aromatic rings. The van der Waals surface area contributed by atoms with Crippen LogP contribution in [0.5, 0.6) is 0 Å². The van der Waals surface area contributed by atoms with Crippen molar-refractivity contribution >= 4 is 5.91 Å². The molecular weight excluding hydrogens is 295 g/mol. The summed E-state index contributed by atoms with van der Waals surface area (Å²) in [6.45, 7) is 7.57. The van der Waals surface area contributed by atoms with Crippen LogP contribution in [-0.4, -0.2) is 54.0 Å². The smallest absolute Gasteiger partial charge is 0.236 e. The summed E-state index contributed by atoms with van der Waals surface area (Å²) in [7, 11) is 0. The summed E-state index contributed by atoms with van der Waals surface area (Å²) in [5.41, 5.74) is 1.03. The van der Waals surface area contributed by atoms with Crippen LogP contribution in [-0.2, 0) is 9.53 Å². The van der Waals surface area contributed by atoms with Gasteiger partial charge in [-0.25, -0.2) is 4.39 Å². The molecule has 126 valence electrons. The number of benzene rings is 1. The number of rotatable bonds is 3. The Morgan fingerprint density at radius 3 is 2.70 bits per heavy atom. The number of morpholine rings is 1. The van der Waals surface area contributed by atoms with E-state index in [0.717, 1.165) is 24.9 Å². The van der Waals surface area contributed by atoms with E-state index >= 15 is 0 Å². The van der Waals surface area contributed by atoms with Gasteiger partial charge in [0.1, 0.15) is 11.9 Å². The summed E-state index contributed by atoms with van der Waals surface area (Å²) < 4.78 is 18.8. The summed E-state index contributed by atoms with van der Waals surface area (Å²) in [4.78, 5) is 16.8. The number of hydrogen-bond acceptors (Lipinski definition) is 3. The molecule has 0 N–H and O–H groups in total. The first kappa shape index (κ1) is 16.4. The second-order valence-electron chi connectivity index (χ2n) is 7.09. The first-order valence-corrected chi connectivity index (χ1v) is 8.36. The fourth-order valence-corrected chi connectivity index (χ4v) is 3.47. The van der Waals surface area contributed by atoms with Gasteiger partial charge in [-0.15, -0.1) is 0 Å². The summed E-state index contributed by atoms with van der Waals surface area (Å²) in [6.07, 6.45) is 2.13. The van der Waals surface area contributed by atoms with Crippen LogP contribution in [0.15, 0.2) is 24.3 Å². The zero-order valence-corrected chi connectivity index (χ0v) is 13.9. The van der Waals surface area contributed by atoms with Gasteiger partial charge in [0.15, 0.2) is 0 Å². The molecule has 2 fully saturated rings.